The highest BCUT2D eigenvalue weighted by Crippen LogP contribution is 2.27. The molecule has 0 bridgehead atoms. The number of halogens is 1. The van der Waals surface area contributed by atoms with Crippen molar-refractivity contribution in [3.05, 3.63) is 58.9 Å². The van der Waals surface area contributed by atoms with E-state index >= 15 is 0 Å². The van der Waals surface area contributed by atoms with Crippen LogP contribution in [0.2, 0.25) is 0 Å². The largest absolute Gasteiger partial charge is 0.513 e. The molecule has 23 heavy (non-hydrogen) atoms. The molecule has 0 amide bonds. The first-order chi connectivity index (χ1) is 11.0. The number of carbonyl (C=O) groups excluding carboxylic acids is 1. The van der Waals surface area contributed by atoms with E-state index in [2.05, 4.69) is 17.4 Å². The Balaban J connectivity index is 2.24. The minimum absolute atomic E-state index is 0.0447. The zero-order valence-electron chi connectivity index (χ0n) is 12.8. The zero-order chi connectivity index (χ0) is 16.8. The van der Waals surface area contributed by atoms with Gasteiger partial charge in [0, 0.05) is 11.3 Å². The molecule has 2 aromatic carbocycles. The highest BCUT2D eigenvalue weighted by molar-refractivity contribution is 7.79. The third kappa shape index (κ3) is 4.39. The maximum atomic E-state index is 13.9. The number of carbonyl (C=O) groups is 1. The van der Waals surface area contributed by atoms with Gasteiger partial charge in [0.25, 0.3) is 0 Å². The Kier molecular flexibility index (Phi) is 5.87. The topological polar surface area (TPSA) is 44.8 Å². The van der Waals surface area contributed by atoms with Crippen molar-refractivity contribution in [3.8, 4) is 11.5 Å². The van der Waals surface area contributed by atoms with Crippen molar-refractivity contribution in [2.45, 2.75) is 19.3 Å². The molecule has 0 saturated heterocycles. The Bertz CT molecular complexity index is 703. The van der Waals surface area contributed by atoms with Crippen molar-refractivity contribution in [2.75, 3.05) is 7.11 Å². The molecule has 0 unspecified atom stereocenters. The molecule has 4 nitrogen and oxygen atoms in total. The molecule has 0 radical (unpaired) electrons. The zero-order valence-corrected chi connectivity index (χ0v) is 13.7. The molecular weight excluding hydrogens is 319 g/mol. The normalized spacial score (nSPS) is 10.3. The van der Waals surface area contributed by atoms with Gasteiger partial charge in [0.1, 0.15) is 12.4 Å². The van der Waals surface area contributed by atoms with Gasteiger partial charge in [-0.2, -0.15) is 12.6 Å². The van der Waals surface area contributed by atoms with Crippen molar-refractivity contribution >= 4 is 18.8 Å². The maximum absolute atomic E-state index is 13.9. The van der Waals surface area contributed by atoms with Crippen molar-refractivity contribution in [1.29, 1.82) is 0 Å². The second-order valence-corrected chi connectivity index (χ2v) is 5.15. The SMILES string of the molecule is COC(=O)Oc1cccc(CS)c1COc1ccc(C)cc1F. The van der Waals surface area contributed by atoms with Crippen molar-refractivity contribution in [3.63, 3.8) is 0 Å². The third-order valence-corrected chi connectivity index (χ3v) is 3.56. The van der Waals surface area contributed by atoms with Gasteiger partial charge >= 0.3 is 6.16 Å². The molecule has 122 valence electrons. The van der Waals surface area contributed by atoms with Crippen LogP contribution >= 0.6 is 12.6 Å². The average Bonchev–Trinajstić information content (AvgIpc) is 2.54. The fourth-order valence-electron chi connectivity index (χ4n) is 2.02. The average molecular weight is 336 g/mol. The fourth-order valence-corrected chi connectivity index (χ4v) is 2.32. The van der Waals surface area contributed by atoms with Gasteiger partial charge in [-0.05, 0) is 36.2 Å². The first-order valence-electron chi connectivity index (χ1n) is 6.91. The minimum Gasteiger partial charge on any atom is -0.486 e. The number of hydrogen-bond donors (Lipinski definition) is 1. The van der Waals surface area contributed by atoms with Gasteiger partial charge in [-0.1, -0.05) is 18.2 Å². The molecular formula is C17H17FO4S. The Labute approximate surface area is 139 Å². The number of thiol groups is 1. The summed E-state index contributed by atoms with van der Waals surface area (Å²) < 4.78 is 29.0. The van der Waals surface area contributed by atoms with Crippen molar-refractivity contribution in [2.24, 2.45) is 0 Å². The maximum Gasteiger partial charge on any atom is 0.513 e. The van der Waals surface area contributed by atoms with Crippen LogP contribution in [-0.2, 0) is 17.1 Å². The lowest BCUT2D eigenvalue weighted by Gasteiger charge is -2.14. The molecule has 0 N–H and O–H groups in total. The van der Waals surface area contributed by atoms with Gasteiger partial charge in [0.15, 0.2) is 11.6 Å². The van der Waals surface area contributed by atoms with Crippen LogP contribution in [0, 0.1) is 12.7 Å². The van der Waals surface area contributed by atoms with E-state index in [1.54, 1.807) is 31.2 Å². The fraction of sp³-hybridized carbons (Fsp3) is 0.235. The van der Waals surface area contributed by atoms with Gasteiger partial charge < -0.3 is 14.2 Å². The first-order valence-corrected chi connectivity index (χ1v) is 7.54. The lowest BCUT2D eigenvalue weighted by Crippen LogP contribution is -2.11. The third-order valence-electron chi connectivity index (χ3n) is 3.22. The van der Waals surface area contributed by atoms with Crippen LogP contribution in [0.4, 0.5) is 9.18 Å². The monoisotopic (exact) mass is 336 g/mol. The van der Waals surface area contributed by atoms with E-state index in [4.69, 9.17) is 9.47 Å². The predicted molar refractivity (Wildman–Crippen MR) is 87.6 cm³/mol. The van der Waals surface area contributed by atoms with E-state index in [0.29, 0.717) is 17.1 Å². The summed E-state index contributed by atoms with van der Waals surface area (Å²) in [6.07, 6.45) is -0.830. The van der Waals surface area contributed by atoms with Gasteiger partial charge in [0.05, 0.1) is 7.11 Å². The number of rotatable bonds is 5. The van der Waals surface area contributed by atoms with Crippen molar-refractivity contribution in [1.82, 2.24) is 0 Å². The van der Waals surface area contributed by atoms with Crippen LogP contribution in [-0.4, -0.2) is 13.3 Å². The van der Waals surface area contributed by atoms with Crippen LogP contribution in [0.15, 0.2) is 36.4 Å². The van der Waals surface area contributed by atoms with E-state index in [1.165, 1.54) is 13.2 Å². The Morgan fingerprint density at radius 2 is 2.00 bits per heavy atom. The molecule has 0 aliphatic rings. The quantitative estimate of drug-likeness (QED) is 0.503. The molecule has 6 heteroatoms. The smallest absolute Gasteiger partial charge is 0.486 e. The summed E-state index contributed by atoms with van der Waals surface area (Å²) in [7, 11) is 1.22. The van der Waals surface area contributed by atoms with E-state index in [-0.39, 0.29) is 12.4 Å². The number of ether oxygens (including phenoxy) is 3. The predicted octanol–water partition coefficient (Wildman–Crippen LogP) is 4.29. The molecule has 0 heterocycles. The van der Waals surface area contributed by atoms with Gasteiger partial charge in [0.2, 0.25) is 0 Å². The summed E-state index contributed by atoms with van der Waals surface area (Å²) in [5.74, 6) is 0.418. The summed E-state index contributed by atoms with van der Waals surface area (Å²) in [6, 6.07) is 9.91. The van der Waals surface area contributed by atoms with Crippen LogP contribution in [0.3, 0.4) is 0 Å². The second-order valence-electron chi connectivity index (χ2n) is 4.83. The van der Waals surface area contributed by atoms with Crippen LogP contribution < -0.4 is 9.47 Å². The Hall–Kier alpha value is -2.21. The van der Waals surface area contributed by atoms with Gasteiger partial charge in [-0.25, -0.2) is 9.18 Å². The standard InChI is InChI=1S/C17H17FO4S/c1-11-6-7-16(14(18)8-11)21-9-13-12(10-23)4-3-5-15(13)22-17(19)20-2/h3-8,23H,9-10H2,1-2H3. The molecule has 0 aromatic heterocycles. The molecule has 0 saturated carbocycles. The van der Waals surface area contributed by atoms with E-state index in [0.717, 1.165) is 11.1 Å². The lowest BCUT2D eigenvalue weighted by molar-refractivity contribution is 0.120. The second kappa shape index (κ2) is 7.87. The highest BCUT2D eigenvalue weighted by Gasteiger charge is 2.14. The molecule has 0 fully saturated rings. The molecule has 0 aliphatic heterocycles. The van der Waals surface area contributed by atoms with Crippen LogP contribution in [0.1, 0.15) is 16.7 Å². The Morgan fingerprint density at radius 1 is 1.22 bits per heavy atom. The summed E-state index contributed by atoms with van der Waals surface area (Å²) in [5, 5.41) is 0. The molecule has 2 rings (SSSR count). The summed E-state index contributed by atoms with van der Waals surface area (Å²) >= 11 is 4.25. The lowest BCUT2D eigenvalue weighted by atomic mass is 10.1. The van der Waals surface area contributed by atoms with E-state index < -0.39 is 12.0 Å². The van der Waals surface area contributed by atoms with Crippen molar-refractivity contribution < 1.29 is 23.4 Å². The first kappa shape index (κ1) is 17.1. The van der Waals surface area contributed by atoms with Gasteiger partial charge in [-0.3, -0.25) is 0 Å². The molecule has 0 aliphatic carbocycles. The van der Waals surface area contributed by atoms with Crippen LogP contribution in [0.5, 0.6) is 11.5 Å². The number of hydrogen-bond acceptors (Lipinski definition) is 5. The van der Waals surface area contributed by atoms with Crippen LogP contribution in [0.25, 0.3) is 0 Å². The van der Waals surface area contributed by atoms with E-state index in [9.17, 15) is 9.18 Å². The minimum atomic E-state index is -0.830. The highest BCUT2D eigenvalue weighted by atomic mass is 32.1. The van der Waals surface area contributed by atoms with Gasteiger partial charge in [-0.15, -0.1) is 0 Å². The summed E-state index contributed by atoms with van der Waals surface area (Å²) in [4.78, 5) is 11.3. The summed E-state index contributed by atoms with van der Waals surface area (Å²) in [6.45, 7) is 1.84. The number of methoxy groups -OCH3 is 1. The number of benzene rings is 2. The molecule has 0 spiro atoms. The number of aryl methyl sites for hydroxylation is 1. The summed E-state index contributed by atoms with van der Waals surface area (Å²) in [5.41, 5.74) is 2.25. The van der Waals surface area contributed by atoms with E-state index in [1.807, 2.05) is 6.07 Å². The molecule has 2 aromatic rings. The molecule has 0 atom stereocenters. The Morgan fingerprint density at radius 3 is 2.65 bits per heavy atom.